The average molecular weight is 433 g/mol. The molecule has 0 atom stereocenters. The van der Waals surface area contributed by atoms with E-state index in [1.54, 1.807) is 6.07 Å². The molecule has 1 amide bonds. The Balaban J connectivity index is 1.91. The van der Waals surface area contributed by atoms with Crippen LogP contribution in [0.5, 0.6) is 0 Å². The first-order chi connectivity index (χ1) is 13.2. The third-order valence-corrected chi connectivity index (χ3v) is 4.73. The molecule has 2 rings (SSSR count). The van der Waals surface area contributed by atoms with Crippen LogP contribution in [0.25, 0.3) is 0 Å². The Morgan fingerprint density at radius 1 is 1.29 bits per heavy atom. The van der Waals surface area contributed by atoms with Crippen molar-refractivity contribution >= 4 is 35.1 Å². The number of carbonyl (C=O) groups is 1. The number of aromatic nitrogens is 2. The summed E-state index contributed by atoms with van der Waals surface area (Å²) in [5, 5.41) is 3.23. The molecule has 0 bridgehead atoms. The molecule has 28 heavy (non-hydrogen) atoms. The van der Waals surface area contributed by atoms with E-state index in [9.17, 15) is 18.0 Å². The lowest BCUT2D eigenvalue weighted by Crippen LogP contribution is -2.25. The summed E-state index contributed by atoms with van der Waals surface area (Å²) < 4.78 is 38.2. The van der Waals surface area contributed by atoms with Crippen molar-refractivity contribution in [2.75, 3.05) is 24.2 Å². The van der Waals surface area contributed by atoms with Crippen molar-refractivity contribution in [2.24, 2.45) is 0 Å². The molecule has 0 fully saturated rings. The maximum atomic E-state index is 12.7. The van der Waals surface area contributed by atoms with Crippen LogP contribution in [0.2, 0.25) is 5.15 Å². The van der Waals surface area contributed by atoms with Gasteiger partial charge in [-0.25, -0.2) is 9.97 Å². The SMILES string of the molecule is CCCN(C)c1cc(Cl)nc(SCC(=O)NCc2cccc(C(F)(F)F)c2)n1. The van der Waals surface area contributed by atoms with E-state index >= 15 is 0 Å². The van der Waals surface area contributed by atoms with E-state index in [1.165, 1.54) is 12.1 Å². The van der Waals surface area contributed by atoms with Crippen molar-refractivity contribution in [3.8, 4) is 0 Å². The third kappa shape index (κ3) is 6.87. The second kappa shape index (κ2) is 9.97. The van der Waals surface area contributed by atoms with E-state index in [1.807, 2.05) is 18.9 Å². The van der Waals surface area contributed by atoms with Gasteiger partial charge in [0.05, 0.1) is 11.3 Å². The minimum absolute atomic E-state index is 0.00417. The monoisotopic (exact) mass is 432 g/mol. The first-order valence-electron chi connectivity index (χ1n) is 8.50. The zero-order valence-corrected chi connectivity index (χ0v) is 17.0. The first kappa shape index (κ1) is 22.3. The fraction of sp³-hybridized carbons (Fsp3) is 0.389. The van der Waals surface area contributed by atoms with E-state index in [4.69, 9.17) is 11.6 Å². The molecular formula is C18H20ClF3N4OS. The predicted molar refractivity (Wildman–Crippen MR) is 105 cm³/mol. The molecule has 1 heterocycles. The molecule has 0 unspecified atom stereocenters. The van der Waals surface area contributed by atoms with E-state index in [0.29, 0.717) is 16.5 Å². The van der Waals surface area contributed by atoms with Gasteiger partial charge in [0.15, 0.2) is 5.16 Å². The number of nitrogens with one attached hydrogen (secondary N) is 1. The maximum absolute atomic E-state index is 12.7. The third-order valence-electron chi connectivity index (χ3n) is 3.69. The molecule has 0 spiro atoms. The molecule has 0 aliphatic heterocycles. The molecule has 0 aliphatic rings. The van der Waals surface area contributed by atoms with Crippen molar-refractivity contribution < 1.29 is 18.0 Å². The van der Waals surface area contributed by atoms with Gasteiger partial charge in [-0.15, -0.1) is 0 Å². The molecule has 0 aliphatic carbocycles. The summed E-state index contributed by atoms with van der Waals surface area (Å²) >= 11 is 7.13. The van der Waals surface area contributed by atoms with Crippen LogP contribution in [0.1, 0.15) is 24.5 Å². The number of carbonyl (C=O) groups excluding carboxylic acids is 1. The van der Waals surface area contributed by atoms with Crippen molar-refractivity contribution in [3.63, 3.8) is 0 Å². The van der Waals surface area contributed by atoms with Crippen LogP contribution in [-0.4, -0.2) is 35.2 Å². The number of thioether (sulfide) groups is 1. The average Bonchev–Trinajstić information content (AvgIpc) is 2.64. The lowest BCUT2D eigenvalue weighted by Gasteiger charge is -2.17. The van der Waals surface area contributed by atoms with Crippen LogP contribution in [0.15, 0.2) is 35.5 Å². The molecule has 1 N–H and O–H groups in total. The summed E-state index contributed by atoms with van der Waals surface area (Å²) in [5.41, 5.74) is -0.375. The Labute approximate surface area is 170 Å². The second-order valence-electron chi connectivity index (χ2n) is 6.02. The van der Waals surface area contributed by atoms with Gasteiger partial charge in [0, 0.05) is 26.2 Å². The summed E-state index contributed by atoms with van der Waals surface area (Å²) in [6.07, 6.45) is -3.47. The number of rotatable bonds is 8. The molecule has 2 aromatic rings. The Morgan fingerprint density at radius 3 is 2.71 bits per heavy atom. The van der Waals surface area contributed by atoms with Gasteiger partial charge in [0.2, 0.25) is 5.91 Å². The largest absolute Gasteiger partial charge is 0.416 e. The van der Waals surface area contributed by atoms with Crippen LogP contribution >= 0.6 is 23.4 Å². The van der Waals surface area contributed by atoms with Crippen LogP contribution in [0.4, 0.5) is 19.0 Å². The molecule has 10 heteroatoms. The van der Waals surface area contributed by atoms with E-state index < -0.39 is 11.7 Å². The molecule has 1 aromatic carbocycles. The van der Waals surface area contributed by atoms with Crippen molar-refractivity contribution in [1.29, 1.82) is 0 Å². The topological polar surface area (TPSA) is 58.1 Å². The zero-order valence-electron chi connectivity index (χ0n) is 15.4. The summed E-state index contributed by atoms with van der Waals surface area (Å²) in [5.74, 6) is 0.346. The minimum atomic E-state index is -4.41. The number of amides is 1. The van der Waals surface area contributed by atoms with Gasteiger partial charge in [0.1, 0.15) is 11.0 Å². The Hall–Kier alpha value is -2.00. The Kier molecular flexibility index (Phi) is 7.94. The highest BCUT2D eigenvalue weighted by molar-refractivity contribution is 7.99. The number of nitrogens with zero attached hydrogens (tertiary/aromatic N) is 3. The summed E-state index contributed by atoms with van der Waals surface area (Å²) in [4.78, 5) is 22.4. The number of benzene rings is 1. The Morgan fingerprint density at radius 2 is 2.04 bits per heavy atom. The zero-order chi connectivity index (χ0) is 20.7. The second-order valence-corrected chi connectivity index (χ2v) is 7.35. The van der Waals surface area contributed by atoms with Gasteiger partial charge in [0.25, 0.3) is 0 Å². The molecule has 0 saturated carbocycles. The maximum Gasteiger partial charge on any atom is 0.416 e. The van der Waals surface area contributed by atoms with E-state index in [2.05, 4.69) is 15.3 Å². The lowest BCUT2D eigenvalue weighted by molar-refractivity contribution is -0.137. The van der Waals surface area contributed by atoms with Crippen molar-refractivity contribution in [2.45, 2.75) is 31.2 Å². The number of anilines is 1. The Bertz CT molecular complexity index is 820. The van der Waals surface area contributed by atoms with Crippen LogP contribution in [0, 0.1) is 0 Å². The summed E-state index contributed by atoms with van der Waals surface area (Å²) in [6.45, 7) is 2.85. The highest BCUT2D eigenvalue weighted by Crippen LogP contribution is 2.29. The fourth-order valence-corrected chi connectivity index (χ4v) is 3.25. The smallest absolute Gasteiger partial charge is 0.360 e. The summed E-state index contributed by atoms with van der Waals surface area (Å²) in [6, 6.07) is 6.49. The number of alkyl halides is 3. The summed E-state index contributed by atoms with van der Waals surface area (Å²) in [7, 11) is 1.89. The first-order valence-corrected chi connectivity index (χ1v) is 9.86. The highest BCUT2D eigenvalue weighted by atomic mass is 35.5. The quantitative estimate of drug-likeness (QED) is 0.380. The van der Waals surface area contributed by atoms with Gasteiger partial charge in [-0.2, -0.15) is 13.2 Å². The van der Waals surface area contributed by atoms with Crippen molar-refractivity contribution in [1.82, 2.24) is 15.3 Å². The van der Waals surface area contributed by atoms with Gasteiger partial charge in [-0.05, 0) is 24.1 Å². The van der Waals surface area contributed by atoms with Crippen LogP contribution in [0.3, 0.4) is 0 Å². The number of hydrogen-bond donors (Lipinski definition) is 1. The molecule has 152 valence electrons. The van der Waals surface area contributed by atoms with E-state index in [0.717, 1.165) is 36.9 Å². The van der Waals surface area contributed by atoms with Crippen LogP contribution in [-0.2, 0) is 17.5 Å². The highest BCUT2D eigenvalue weighted by Gasteiger charge is 2.30. The number of halogens is 4. The fourth-order valence-electron chi connectivity index (χ4n) is 2.33. The normalized spacial score (nSPS) is 11.4. The number of hydrogen-bond acceptors (Lipinski definition) is 5. The van der Waals surface area contributed by atoms with E-state index in [-0.39, 0.29) is 23.4 Å². The molecule has 0 saturated heterocycles. The van der Waals surface area contributed by atoms with Crippen molar-refractivity contribution in [3.05, 3.63) is 46.6 Å². The van der Waals surface area contributed by atoms with Gasteiger partial charge < -0.3 is 10.2 Å². The minimum Gasteiger partial charge on any atom is -0.360 e. The van der Waals surface area contributed by atoms with Gasteiger partial charge >= 0.3 is 6.18 Å². The van der Waals surface area contributed by atoms with Crippen LogP contribution < -0.4 is 10.2 Å². The molecular weight excluding hydrogens is 413 g/mol. The predicted octanol–water partition coefficient (Wildman–Crippen LogP) is 4.40. The lowest BCUT2D eigenvalue weighted by atomic mass is 10.1. The van der Waals surface area contributed by atoms with Gasteiger partial charge in [-0.1, -0.05) is 42.4 Å². The standard InChI is InChI=1S/C18H20ClF3N4OS/c1-3-7-26(2)15-9-14(19)24-17(25-15)28-11-16(27)23-10-12-5-4-6-13(8-12)18(20,21)22/h4-6,8-9H,3,7,10-11H2,1-2H3,(H,23,27). The molecule has 5 nitrogen and oxygen atoms in total. The van der Waals surface area contributed by atoms with Gasteiger partial charge in [-0.3, -0.25) is 4.79 Å². The molecule has 1 aromatic heterocycles. The molecule has 0 radical (unpaired) electrons.